The molecule has 0 saturated carbocycles. The molecule has 8 heteroatoms. The number of nitrogens with one attached hydrogen (secondary N) is 1. The predicted octanol–water partition coefficient (Wildman–Crippen LogP) is 2.66. The molecule has 2 aromatic rings. The van der Waals surface area contributed by atoms with Crippen molar-refractivity contribution >= 4 is 46.3 Å². The standard InChI is InChI=1S/C8H5BrClN.H3O4P/c9-6-1-2-7-5(8(6)10)3-4-11-7;1-5(2,3)4/h1-4,11H;(H3,1,2,3,4). The molecule has 1 aromatic heterocycles. The number of phosphoric acid groups is 1. The highest BCUT2D eigenvalue weighted by Gasteiger charge is 2.02. The molecule has 1 aromatic carbocycles. The molecule has 0 bridgehead atoms. The van der Waals surface area contributed by atoms with Crippen molar-refractivity contribution in [2.75, 3.05) is 0 Å². The van der Waals surface area contributed by atoms with Gasteiger partial charge in [-0.05, 0) is 34.1 Å². The molecule has 16 heavy (non-hydrogen) atoms. The molecule has 0 saturated heterocycles. The van der Waals surface area contributed by atoms with Crippen molar-refractivity contribution in [2.45, 2.75) is 0 Å². The molecule has 0 spiro atoms. The van der Waals surface area contributed by atoms with Gasteiger partial charge in [0, 0.05) is 21.6 Å². The Bertz CT molecular complexity index is 530. The van der Waals surface area contributed by atoms with E-state index in [1.165, 1.54) is 0 Å². The van der Waals surface area contributed by atoms with E-state index in [1.807, 2.05) is 24.4 Å². The van der Waals surface area contributed by atoms with Gasteiger partial charge >= 0.3 is 7.82 Å². The number of fused-ring (bicyclic) bond motifs is 1. The van der Waals surface area contributed by atoms with Crippen LogP contribution in [0.15, 0.2) is 28.9 Å². The van der Waals surface area contributed by atoms with Crippen molar-refractivity contribution in [3.8, 4) is 0 Å². The second-order valence-electron chi connectivity index (χ2n) is 2.81. The number of benzene rings is 1. The molecule has 0 aliphatic rings. The fourth-order valence-corrected chi connectivity index (χ4v) is 1.64. The summed E-state index contributed by atoms with van der Waals surface area (Å²) in [5.41, 5.74) is 1.07. The van der Waals surface area contributed by atoms with E-state index in [0.717, 1.165) is 20.4 Å². The van der Waals surface area contributed by atoms with E-state index in [9.17, 15) is 0 Å². The van der Waals surface area contributed by atoms with Gasteiger partial charge in [-0.15, -0.1) is 0 Å². The molecule has 5 nitrogen and oxygen atoms in total. The van der Waals surface area contributed by atoms with E-state index in [-0.39, 0.29) is 0 Å². The maximum atomic E-state index is 8.88. The highest BCUT2D eigenvalue weighted by Crippen LogP contribution is 2.30. The minimum absolute atomic E-state index is 0.767. The molecular formula is C8H8BrClNO4P. The summed E-state index contributed by atoms with van der Waals surface area (Å²) in [5, 5.41) is 1.82. The molecule has 0 unspecified atom stereocenters. The lowest BCUT2D eigenvalue weighted by Crippen LogP contribution is -1.70. The van der Waals surface area contributed by atoms with Crippen LogP contribution in [0.3, 0.4) is 0 Å². The van der Waals surface area contributed by atoms with Gasteiger partial charge < -0.3 is 19.7 Å². The molecule has 0 aliphatic carbocycles. The second-order valence-corrected chi connectivity index (χ2v) is 5.07. The van der Waals surface area contributed by atoms with Crippen LogP contribution in [0.1, 0.15) is 0 Å². The summed E-state index contributed by atoms with van der Waals surface area (Å²) >= 11 is 9.36. The lowest BCUT2D eigenvalue weighted by atomic mass is 10.2. The number of aromatic nitrogens is 1. The molecule has 88 valence electrons. The number of H-pyrrole nitrogens is 1. The van der Waals surface area contributed by atoms with E-state index in [0.29, 0.717) is 0 Å². The lowest BCUT2D eigenvalue weighted by Gasteiger charge is -1.95. The first-order valence-corrected chi connectivity index (χ1v) is 6.72. The molecule has 1 heterocycles. The average molecular weight is 328 g/mol. The minimum Gasteiger partial charge on any atom is -0.361 e. The summed E-state index contributed by atoms with van der Waals surface area (Å²) in [6.45, 7) is 0. The number of halogens is 2. The van der Waals surface area contributed by atoms with E-state index >= 15 is 0 Å². The fraction of sp³-hybridized carbons (Fsp3) is 0. The highest BCUT2D eigenvalue weighted by atomic mass is 79.9. The second kappa shape index (κ2) is 5.31. The molecule has 0 radical (unpaired) electrons. The van der Waals surface area contributed by atoms with Crippen molar-refractivity contribution < 1.29 is 19.2 Å². The van der Waals surface area contributed by atoms with E-state index in [2.05, 4.69) is 20.9 Å². The summed E-state index contributed by atoms with van der Waals surface area (Å²) in [7, 11) is -4.64. The van der Waals surface area contributed by atoms with E-state index in [4.69, 9.17) is 30.8 Å². The lowest BCUT2D eigenvalue weighted by molar-refractivity contribution is 0.275. The SMILES string of the molecule is Clc1c(Br)ccc2[nH]ccc12.O=P(O)(O)O. The van der Waals surface area contributed by atoms with Crippen molar-refractivity contribution in [3.05, 3.63) is 33.9 Å². The Morgan fingerprint density at radius 2 is 1.81 bits per heavy atom. The van der Waals surface area contributed by atoms with Crippen LogP contribution in [0.4, 0.5) is 0 Å². The zero-order chi connectivity index (χ0) is 12.3. The monoisotopic (exact) mass is 327 g/mol. The number of hydrogen-bond acceptors (Lipinski definition) is 1. The molecular weight excluding hydrogens is 320 g/mol. The Morgan fingerprint density at radius 1 is 1.25 bits per heavy atom. The quantitative estimate of drug-likeness (QED) is 0.559. The van der Waals surface area contributed by atoms with E-state index in [1.54, 1.807) is 0 Å². The minimum atomic E-state index is -4.64. The van der Waals surface area contributed by atoms with Crippen LogP contribution in [-0.4, -0.2) is 19.7 Å². The summed E-state index contributed by atoms with van der Waals surface area (Å²) in [5.74, 6) is 0. The first-order valence-electron chi connectivity index (χ1n) is 3.98. The highest BCUT2D eigenvalue weighted by molar-refractivity contribution is 9.10. The summed E-state index contributed by atoms with van der Waals surface area (Å²) < 4.78 is 9.82. The van der Waals surface area contributed by atoms with Crippen molar-refractivity contribution in [3.63, 3.8) is 0 Å². The topological polar surface area (TPSA) is 93.6 Å². The summed E-state index contributed by atoms with van der Waals surface area (Å²) in [4.78, 5) is 24.6. The van der Waals surface area contributed by atoms with Gasteiger partial charge in [0.15, 0.2) is 0 Å². The Labute approximate surface area is 104 Å². The van der Waals surface area contributed by atoms with Crippen LogP contribution in [0.5, 0.6) is 0 Å². The number of rotatable bonds is 0. The van der Waals surface area contributed by atoms with Crippen LogP contribution >= 0.6 is 35.4 Å². The van der Waals surface area contributed by atoms with Gasteiger partial charge in [-0.25, -0.2) is 4.57 Å². The largest absolute Gasteiger partial charge is 0.466 e. The zero-order valence-corrected chi connectivity index (χ0v) is 11.0. The van der Waals surface area contributed by atoms with Crippen LogP contribution in [0.25, 0.3) is 10.9 Å². The van der Waals surface area contributed by atoms with Crippen molar-refractivity contribution in [1.29, 1.82) is 0 Å². The summed E-state index contributed by atoms with van der Waals surface area (Å²) in [6.07, 6.45) is 1.88. The van der Waals surface area contributed by atoms with Gasteiger partial charge in [-0.3, -0.25) is 0 Å². The Hall–Kier alpha value is -0.360. The first-order chi connectivity index (χ1) is 7.29. The Morgan fingerprint density at radius 3 is 2.38 bits per heavy atom. The first kappa shape index (κ1) is 13.7. The molecule has 0 atom stereocenters. The number of aromatic amines is 1. The molecule has 0 aliphatic heterocycles. The third-order valence-corrected chi connectivity index (χ3v) is 2.92. The molecule has 0 fully saturated rings. The van der Waals surface area contributed by atoms with Gasteiger partial charge in [0.1, 0.15) is 0 Å². The Balaban J connectivity index is 0.000000221. The van der Waals surface area contributed by atoms with E-state index < -0.39 is 7.82 Å². The smallest absolute Gasteiger partial charge is 0.361 e. The predicted molar refractivity (Wildman–Crippen MR) is 65.3 cm³/mol. The fourth-order valence-electron chi connectivity index (χ4n) is 1.07. The normalized spacial score (nSPS) is 11.1. The summed E-state index contributed by atoms with van der Waals surface area (Å²) in [6, 6.07) is 5.88. The van der Waals surface area contributed by atoms with Gasteiger partial charge in [0.05, 0.1) is 5.02 Å². The Kier molecular flexibility index (Phi) is 4.55. The van der Waals surface area contributed by atoms with Crippen LogP contribution in [0, 0.1) is 0 Å². The maximum absolute atomic E-state index is 8.88. The molecule has 4 N–H and O–H groups in total. The third-order valence-electron chi connectivity index (χ3n) is 1.62. The van der Waals surface area contributed by atoms with Gasteiger partial charge in [-0.1, -0.05) is 11.6 Å². The van der Waals surface area contributed by atoms with Crippen LogP contribution in [-0.2, 0) is 4.57 Å². The van der Waals surface area contributed by atoms with Gasteiger partial charge in [0.2, 0.25) is 0 Å². The van der Waals surface area contributed by atoms with Crippen LogP contribution < -0.4 is 0 Å². The molecule has 2 rings (SSSR count). The third kappa shape index (κ3) is 4.25. The van der Waals surface area contributed by atoms with Crippen molar-refractivity contribution in [2.24, 2.45) is 0 Å². The molecule has 0 amide bonds. The average Bonchev–Trinajstić information content (AvgIpc) is 2.57. The maximum Gasteiger partial charge on any atom is 0.466 e. The zero-order valence-electron chi connectivity index (χ0n) is 7.76. The van der Waals surface area contributed by atoms with Crippen molar-refractivity contribution in [1.82, 2.24) is 4.98 Å². The number of hydrogen-bond donors (Lipinski definition) is 4. The van der Waals surface area contributed by atoms with Crippen LogP contribution in [0.2, 0.25) is 5.02 Å². The van der Waals surface area contributed by atoms with Gasteiger partial charge in [0.25, 0.3) is 0 Å². The van der Waals surface area contributed by atoms with Gasteiger partial charge in [-0.2, -0.15) is 0 Å².